The van der Waals surface area contributed by atoms with Crippen molar-refractivity contribution in [2.45, 2.75) is 6.04 Å². The van der Waals surface area contributed by atoms with Crippen molar-refractivity contribution in [1.82, 2.24) is 5.43 Å². The molecule has 1 unspecified atom stereocenters. The van der Waals surface area contributed by atoms with Crippen molar-refractivity contribution >= 4 is 11.6 Å². The van der Waals surface area contributed by atoms with Gasteiger partial charge in [0.1, 0.15) is 11.6 Å². The van der Waals surface area contributed by atoms with Crippen LogP contribution in [0.15, 0.2) is 34.9 Å². The highest BCUT2D eigenvalue weighted by atomic mass is 35.5. The number of hydrogen-bond donors (Lipinski definition) is 2. The van der Waals surface area contributed by atoms with Crippen LogP contribution in [0, 0.1) is 11.6 Å². The second-order valence-corrected chi connectivity index (χ2v) is 3.73. The summed E-state index contributed by atoms with van der Waals surface area (Å²) in [5, 5.41) is 0.0376. The number of nitrogens with two attached hydrogens (primary N) is 1. The molecule has 1 aromatic heterocycles. The van der Waals surface area contributed by atoms with Gasteiger partial charge in [0.25, 0.3) is 0 Å². The Balaban J connectivity index is 2.53. The SMILES string of the molecule is NNC(c1ccoc1Cl)c1c(F)cccc1F. The van der Waals surface area contributed by atoms with Crippen molar-refractivity contribution in [2.24, 2.45) is 5.84 Å². The Morgan fingerprint density at radius 2 is 1.88 bits per heavy atom. The van der Waals surface area contributed by atoms with Crippen LogP contribution in [0.2, 0.25) is 5.22 Å². The summed E-state index contributed by atoms with van der Waals surface area (Å²) in [6, 6.07) is 4.17. The Bertz CT molecular complexity index is 510. The summed E-state index contributed by atoms with van der Waals surface area (Å²) >= 11 is 5.76. The topological polar surface area (TPSA) is 51.2 Å². The first-order valence-corrected chi connectivity index (χ1v) is 5.16. The van der Waals surface area contributed by atoms with Gasteiger partial charge in [0.2, 0.25) is 0 Å². The van der Waals surface area contributed by atoms with Crippen LogP contribution < -0.4 is 11.3 Å². The predicted molar refractivity (Wildman–Crippen MR) is 59.2 cm³/mol. The van der Waals surface area contributed by atoms with Gasteiger partial charge < -0.3 is 4.42 Å². The molecule has 1 aromatic carbocycles. The van der Waals surface area contributed by atoms with E-state index in [-0.39, 0.29) is 10.8 Å². The molecular weight excluding hydrogens is 250 g/mol. The second kappa shape index (κ2) is 4.83. The van der Waals surface area contributed by atoms with Gasteiger partial charge in [0.05, 0.1) is 12.3 Å². The maximum absolute atomic E-state index is 13.6. The van der Waals surface area contributed by atoms with E-state index in [2.05, 4.69) is 5.43 Å². The van der Waals surface area contributed by atoms with Crippen molar-refractivity contribution in [3.63, 3.8) is 0 Å². The fourth-order valence-corrected chi connectivity index (χ4v) is 1.85. The van der Waals surface area contributed by atoms with E-state index < -0.39 is 17.7 Å². The largest absolute Gasteiger partial charge is 0.453 e. The van der Waals surface area contributed by atoms with Crippen molar-refractivity contribution < 1.29 is 13.2 Å². The first-order chi connectivity index (χ1) is 8.15. The first kappa shape index (κ1) is 12.0. The minimum Gasteiger partial charge on any atom is -0.453 e. The molecule has 0 aliphatic rings. The lowest BCUT2D eigenvalue weighted by molar-refractivity contribution is 0.504. The highest BCUT2D eigenvalue weighted by Crippen LogP contribution is 2.31. The van der Waals surface area contributed by atoms with Crippen LogP contribution in [0.3, 0.4) is 0 Å². The van der Waals surface area contributed by atoms with Gasteiger partial charge in [-0.25, -0.2) is 14.2 Å². The molecule has 3 N–H and O–H groups in total. The van der Waals surface area contributed by atoms with E-state index in [1.807, 2.05) is 0 Å². The second-order valence-electron chi connectivity index (χ2n) is 3.38. The molecule has 90 valence electrons. The van der Waals surface area contributed by atoms with E-state index in [0.29, 0.717) is 5.56 Å². The molecule has 0 saturated heterocycles. The molecule has 0 radical (unpaired) electrons. The number of nitrogens with one attached hydrogen (secondary N) is 1. The first-order valence-electron chi connectivity index (χ1n) is 4.78. The smallest absolute Gasteiger partial charge is 0.198 e. The quantitative estimate of drug-likeness (QED) is 0.657. The summed E-state index contributed by atoms with van der Waals surface area (Å²) in [4.78, 5) is 0. The molecule has 0 amide bonds. The Kier molecular flexibility index (Phi) is 3.42. The molecule has 2 aromatic rings. The Morgan fingerprint density at radius 3 is 2.35 bits per heavy atom. The summed E-state index contributed by atoms with van der Waals surface area (Å²) in [7, 11) is 0. The minimum atomic E-state index is -0.901. The van der Waals surface area contributed by atoms with Crippen LogP contribution in [0.4, 0.5) is 8.78 Å². The van der Waals surface area contributed by atoms with Crippen molar-refractivity contribution in [3.05, 3.63) is 58.5 Å². The van der Waals surface area contributed by atoms with Gasteiger partial charge in [-0.2, -0.15) is 0 Å². The van der Waals surface area contributed by atoms with Crippen LogP contribution in [0.25, 0.3) is 0 Å². The molecule has 1 heterocycles. The van der Waals surface area contributed by atoms with Gasteiger partial charge in [0, 0.05) is 11.1 Å². The number of rotatable bonds is 3. The van der Waals surface area contributed by atoms with E-state index in [0.717, 1.165) is 12.1 Å². The third kappa shape index (κ3) is 2.17. The van der Waals surface area contributed by atoms with E-state index in [4.69, 9.17) is 21.9 Å². The molecule has 6 heteroatoms. The zero-order valence-corrected chi connectivity index (χ0v) is 9.34. The van der Waals surface area contributed by atoms with Crippen LogP contribution in [-0.2, 0) is 0 Å². The van der Waals surface area contributed by atoms with Crippen LogP contribution in [0.5, 0.6) is 0 Å². The fourth-order valence-electron chi connectivity index (χ4n) is 1.63. The van der Waals surface area contributed by atoms with Crippen molar-refractivity contribution in [3.8, 4) is 0 Å². The highest BCUT2D eigenvalue weighted by Gasteiger charge is 2.24. The number of benzene rings is 1. The summed E-state index contributed by atoms with van der Waals surface area (Å²) < 4.78 is 32.1. The van der Waals surface area contributed by atoms with Gasteiger partial charge in [-0.05, 0) is 29.8 Å². The van der Waals surface area contributed by atoms with Gasteiger partial charge in [-0.1, -0.05) is 6.07 Å². The van der Waals surface area contributed by atoms with Gasteiger partial charge in [-0.15, -0.1) is 0 Å². The standard InChI is InChI=1S/C11H9ClF2N2O/c12-11-6(4-5-17-11)10(16-15)9-7(13)2-1-3-8(9)14/h1-5,10,16H,15H2. The summed E-state index contributed by atoms with van der Waals surface area (Å²) in [6.45, 7) is 0. The lowest BCUT2D eigenvalue weighted by Gasteiger charge is -2.16. The molecule has 0 saturated carbocycles. The number of hydrogen-bond acceptors (Lipinski definition) is 3. The van der Waals surface area contributed by atoms with Crippen molar-refractivity contribution in [1.29, 1.82) is 0 Å². The molecule has 3 nitrogen and oxygen atoms in total. The van der Waals surface area contributed by atoms with Crippen LogP contribution >= 0.6 is 11.6 Å². The molecule has 0 spiro atoms. The summed E-state index contributed by atoms with van der Waals surface area (Å²) in [6.07, 6.45) is 1.32. The van der Waals surface area contributed by atoms with E-state index >= 15 is 0 Å². The monoisotopic (exact) mass is 258 g/mol. The van der Waals surface area contributed by atoms with E-state index in [1.54, 1.807) is 0 Å². The molecular formula is C11H9ClF2N2O. The lowest BCUT2D eigenvalue weighted by atomic mass is 10.0. The average molecular weight is 259 g/mol. The fraction of sp³-hybridized carbons (Fsp3) is 0.0909. The third-order valence-electron chi connectivity index (χ3n) is 2.41. The van der Waals surface area contributed by atoms with Crippen LogP contribution in [0.1, 0.15) is 17.2 Å². The maximum atomic E-state index is 13.6. The molecule has 0 bridgehead atoms. The Labute approximate surface area is 101 Å². The van der Waals surface area contributed by atoms with Crippen molar-refractivity contribution in [2.75, 3.05) is 0 Å². The minimum absolute atomic E-state index is 0.0376. The summed E-state index contributed by atoms with van der Waals surface area (Å²) in [5.41, 5.74) is 2.50. The molecule has 17 heavy (non-hydrogen) atoms. The highest BCUT2D eigenvalue weighted by molar-refractivity contribution is 6.29. The van der Waals surface area contributed by atoms with Gasteiger partial charge >= 0.3 is 0 Å². The molecule has 0 fully saturated rings. The maximum Gasteiger partial charge on any atom is 0.198 e. The Hall–Kier alpha value is -1.43. The zero-order valence-electron chi connectivity index (χ0n) is 8.58. The number of hydrazine groups is 1. The predicted octanol–water partition coefficient (Wildman–Crippen LogP) is 2.76. The number of furan rings is 1. The third-order valence-corrected chi connectivity index (χ3v) is 2.72. The normalized spacial score (nSPS) is 12.7. The van der Waals surface area contributed by atoms with E-state index in [1.165, 1.54) is 18.4 Å². The lowest BCUT2D eigenvalue weighted by Crippen LogP contribution is -2.30. The molecule has 0 aliphatic carbocycles. The zero-order chi connectivity index (χ0) is 12.4. The van der Waals surface area contributed by atoms with Gasteiger partial charge in [-0.3, -0.25) is 5.84 Å². The molecule has 2 rings (SSSR count). The Morgan fingerprint density at radius 1 is 1.24 bits per heavy atom. The molecule has 1 atom stereocenters. The van der Waals surface area contributed by atoms with Crippen LogP contribution in [-0.4, -0.2) is 0 Å². The van der Waals surface area contributed by atoms with E-state index in [9.17, 15) is 8.78 Å². The van der Waals surface area contributed by atoms with Gasteiger partial charge in [0.15, 0.2) is 5.22 Å². The summed E-state index contributed by atoms with van der Waals surface area (Å²) in [5.74, 6) is 3.91. The number of halogens is 3. The molecule has 0 aliphatic heterocycles. The average Bonchev–Trinajstić information content (AvgIpc) is 2.70.